The lowest BCUT2D eigenvalue weighted by atomic mass is 10.1. The highest BCUT2D eigenvalue weighted by molar-refractivity contribution is 6.99. The van der Waals surface area contributed by atoms with E-state index in [4.69, 9.17) is 94.6 Å². The molecule has 0 atom stereocenters. The van der Waals surface area contributed by atoms with Crippen molar-refractivity contribution in [3.63, 3.8) is 0 Å². The minimum atomic E-state index is -4.16. The molecule has 0 amide bonds. The number of aryl methyl sites for hydroxylation is 1. The van der Waals surface area contributed by atoms with Crippen molar-refractivity contribution in [2.24, 2.45) is 0 Å². The van der Waals surface area contributed by atoms with Crippen molar-refractivity contribution in [2.75, 3.05) is 0 Å². The Kier molecular flexibility index (Phi) is 64.3. The lowest BCUT2D eigenvalue weighted by molar-refractivity contribution is 0.233. The molecule has 0 heterocycles. The van der Waals surface area contributed by atoms with Crippen LogP contribution in [0.15, 0.2) is 30.8 Å². The summed E-state index contributed by atoms with van der Waals surface area (Å²) in [6.45, 7) is 140. The Bertz CT molecular complexity index is 3590. The van der Waals surface area contributed by atoms with E-state index in [-0.39, 0.29) is 0 Å². The maximum absolute atomic E-state index is 9.00. The number of hydrogen-bond acceptors (Lipinski definition) is 23. The van der Waals surface area contributed by atoms with Gasteiger partial charge in [-0.05, 0) is 512 Å². The summed E-state index contributed by atoms with van der Waals surface area (Å²) in [6, 6.07) is 31.2. The molecule has 0 saturated heterocycles. The van der Waals surface area contributed by atoms with Crippen LogP contribution >= 0.6 is 0 Å². The summed E-state index contributed by atoms with van der Waals surface area (Å²) in [7, 11) is -80.0. The van der Waals surface area contributed by atoms with Crippen molar-refractivity contribution in [3.05, 3.63) is 42.0 Å². The molecule has 0 saturated carbocycles. The molecule has 0 unspecified atom stereocenters. The summed E-state index contributed by atoms with van der Waals surface area (Å²) < 4.78 is 180. The lowest BCUT2D eigenvalue weighted by Crippen LogP contribution is -2.65. The predicted octanol–water partition coefficient (Wildman–Crippen LogP) is 27.6. The summed E-state index contributed by atoms with van der Waals surface area (Å²) in [6.07, 6.45) is 2.63. The van der Waals surface area contributed by atoms with Crippen molar-refractivity contribution >= 4 is 320 Å². The van der Waals surface area contributed by atoms with E-state index in [1.807, 2.05) is 6.08 Å². The maximum atomic E-state index is 9.00. The van der Waals surface area contributed by atoms with Gasteiger partial charge in [0.2, 0.25) is 0 Å². The zero-order valence-electron chi connectivity index (χ0n) is 109. The number of hydrogen-bond donors (Lipinski definition) is 0. The Morgan fingerprint density at radius 3 is 0.413 bits per heavy atom. The molecule has 0 fully saturated rings. The van der Waals surface area contributed by atoms with Crippen LogP contribution < -0.4 is 0 Å². The second-order valence-electron chi connectivity index (χ2n) is 61.4. The first kappa shape index (κ1) is 154. The zero-order valence-corrected chi connectivity index (χ0v) is 148. The second-order valence-corrected chi connectivity index (χ2v) is 196. The summed E-state index contributed by atoms with van der Waals surface area (Å²) >= 11 is 0. The lowest BCUT2D eigenvalue weighted by Gasteiger charge is -2.49. The Morgan fingerprint density at radius 2 is 0.287 bits per heavy atom. The fourth-order valence-corrected chi connectivity index (χ4v) is 160. The Morgan fingerprint density at radius 1 is 0.160 bits per heavy atom. The predicted molar refractivity (Wildman–Crippen MR) is 749 cm³/mol. The minimum absolute atomic E-state index is 0.552. The summed E-state index contributed by atoms with van der Waals surface area (Å²) in [5.74, 6) is 0. The van der Waals surface area contributed by atoms with Gasteiger partial charge in [-0.2, -0.15) is 0 Å². The molecular formula is C91H246O23Si36. The van der Waals surface area contributed by atoms with Crippen LogP contribution in [0.5, 0.6) is 0 Å². The van der Waals surface area contributed by atoms with Gasteiger partial charge in [-0.3, -0.25) is 0 Å². The average molecular weight is 2720 g/mol. The average Bonchev–Trinajstić information content (AvgIpc) is 0.772. The molecule has 0 spiro atoms. The van der Waals surface area contributed by atoms with Crippen LogP contribution in [0.4, 0.5) is 0 Å². The third kappa shape index (κ3) is 78.6. The molecule has 1 aromatic rings. The molecule has 23 nitrogen and oxygen atoms in total. The number of rotatable bonds is 86. The van der Waals surface area contributed by atoms with Gasteiger partial charge in [0.05, 0.1) is 0 Å². The molecule has 0 aliphatic carbocycles. The quantitative estimate of drug-likeness (QED) is 0.0438. The second kappa shape index (κ2) is 62.7. The van der Waals surface area contributed by atoms with Gasteiger partial charge in [0.25, 0.3) is 0 Å². The van der Waals surface area contributed by atoms with Crippen LogP contribution in [0.3, 0.4) is 0 Å². The SMILES string of the molecule is C=Cc1ccc(CC[Si](O[Si](C)(C)CC[Si](O[Si](C)(C)CC[SiH2]O[Si](C)(C)C)(O[Si](C)(C)CC[SiH2]O[Si](C)(C)C)O[Si](C)(C)CC[SiH2]O[Si](C)(C)C)(O[Si](C)(C)CC[Si](O[Si](C)(C)CC[SiH2]O[Si](C)(C)C)(O[Si](C)(C)CC[SiH2]O[Si](C)(C)C)O[Si](C)(C)CC[SiH2]O[Si](C)(C)C)O[Si](C)(C)CC[Si](O[Si](C)(C)CC[SiH2]O[Si](C)(C)C)(O[Si](C)(C)CC[SiH2]O[Si](C)(C)C)O[Si](C)(C)CC[Si](O[Si](C)(C)C)(O[Si](C)(C)C)O[Si](C)(C)C)cc1. The molecule has 0 bridgehead atoms. The van der Waals surface area contributed by atoms with E-state index < -0.39 is 313 Å². The monoisotopic (exact) mass is 2710 g/mol. The molecule has 0 aromatic heterocycles. The van der Waals surface area contributed by atoms with Crippen molar-refractivity contribution in [3.8, 4) is 0 Å². The molecule has 59 heteroatoms. The molecule has 0 N–H and O–H groups in total. The van der Waals surface area contributed by atoms with E-state index >= 15 is 0 Å². The topological polar surface area (TPSA) is 212 Å². The summed E-state index contributed by atoms with van der Waals surface area (Å²) in [4.78, 5) is 0. The van der Waals surface area contributed by atoms with E-state index in [1.54, 1.807) is 0 Å². The fourth-order valence-electron chi connectivity index (χ4n) is 18.1. The van der Waals surface area contributed by atoms with Gasteiger partial charge in [-0.15, -0.1) is 0 Å². The maximum Gasteiger partial charge on any atom is 0.469 e. The van der Waals surface area contributed by atoms with Gasteiger partial charge in [0, 0.05) is 30.2 Å². The first-order chi connectivity index (χ1) is 66.6. The molecule has 0 aliphatic heterocycles. The summed E-state index contributed by atoms with van der Waals surface area (Å²) in [5, 5.41) is 0. The molecular weight excluding hydrogens is 2470 g/mol. The Hall–Kier alpha value is 5.85. The van der Waals surface area contributed by atoms with Crippen molar-refractivity contribution < 1.29 is 94.6 Å². The third-order valence-corrected chi connectivity index (χ3v) is 146. The Balaban J connectivity index is 5.69. The van der Waals surface area contributed by atoms with Crippen LogP contribution in [0.25, 0.3) is 6.08 Å². The highest BCUT2D eigenvalue weighted by Gasteiger charge is 2.62. The van der Waals surface area contributed by atoms with E-state index in [0.29, 0.717) is 54.8 Å². The molecule has 0 aliphatic rings. The molecule has 1 rings (SSSR count). The first-order valence-electron chi connectivity index (χ1n) is 57.9. The summed E-state index contributed by atoms with van der Waals surface area (Å²) in [5.41, 5.74) is 2.29. The van der Waals surface area contributed by atoms with Gasteiger partial charge < -0.3 is 94.6 Å². The highest BCUT2D eigenvalue weighted by atomic mass is 28.5. The zero-order chi connectivity index (χ0) is 117. The van der Waals surface area contributed by atoms with Gasteiger partial charge in [0.1, 0.15) is 78.1 Å². The van der Waals surface area contributed by atoms with Gasteiger partial charge in [0.15, 0.2) is 191 Å². The molecule has 150 heavy (non-hydrogen) atoms. The van der Waals surface area contributed by atoms with Crippen LogP contribution in [0.2, 0.25) is 524 Å². The van der Waals surface area contributed by atoms with Crippen LogP contribution in [0.1, 0.15) is 11.1 Å². The van der Waals surface area contributed by atoms with Crippen molar-refractivity contribution in [1.29, 1.82) is 0 Å². The molecule has 892 valence electrons. The normalized spacial score (nSPS) is 17.1. The highest BCUT2D eigenvalue weighted by Crippen LogP contribution is 2.46. The van der Waals surface area contributed by atoms with Crippen molar-refractivity contribution in [2.45, 2.75) is 531 Å². The largest absolute Gasteiger partial charge is 0.469 e. The van der Waals surface area contributed by atoms with Gasteiger partial charge in [-0.25, -0.2) is 0 Å². The van der Waals surface area contributed by atoms with Crippen LogP contribution in [-0.4, -0.2) is 313 Å². The van der Waals surface area contributed by atoms with Gasteiger partial charge >= 0.3 is 44.0 Å². The van der Waals surface area contributed by atoms with Crippen LogP contribution in [0, 0.1) is 0 Å². The molecule has 1 aromatic carbocycles. The first-order valence-corrected chi connectivity index (χ1v) is 155. The van der Waals surface area contributed by atoms with E-state index in [9.17, 15) is 0 Å². The fraction of sp³-hybridized carbons (Fsp3) is 0.912. The van der Waals surface area contributed by atoms with E-state index in [2.05, 4.69) is 404 Å². The third-order valence-electron chi connectivity index (χ3n) is 24.3. The standard InChI is InChI=1S/C91H246O23Si36/c1-59-90-60-62-91(63-61-90)64-73-146(111-142(51,52)83-87-148(103-134(35,36)74-65-115-92-123(2,3)4,104-135(37,38)75-66-116-93-124(5,6)7)105-136(39,40)76-67-117-94-125(8,9)10,112-143(53,54)84-88-149(106-137(41,42)77-68-118-95-126(11,12)13,107-138(43,44)78-69-119-96-127(14,15)16)108-139(45,46)79-70-120-97-128(17,18)19)113-144(55,56)85-89-150(109-140(47,48)80-71-121-98-129(20,21)22,110-141(49,50)81-72-122-99-130(23,24)25)114-145(57,58)82-86-147(100-131(26,27)28,101-132(29,30)31)102-133(32,33)34/h59-63H,1,64-89,115-122H2,2-58H3. The van der Waals surface area contributed by atoms with E-state index in [0.717, 1.165) is 108 Å². The van der Waals surface area contributed by atoms with E-state index in [1.165, 1.54) is 5.56 Å². The van der Waals surface area contributed by atoms with Crippen molar-refractivity contribution in [1.82, 2.24) is 0 Å². The number of benzene rings is 1. The molecule has 0 radical (unpaired) electrons. The van der Waals surface area contributed by atoms with Gasteiger partial charge in [-0.1, -0.05) is 36.9 Å². The van der Waals surface area contributed by atoms with Crippen LogP contribution in [-0.2, 0) is 101 Å². The smallest absolute Gasteiger partial charge is 0.461 e. The Labute approximate surface area is 976 Å². The minimum Gasteiger partial charge on any atom is -0.461 e.